The predicted molar refractivity (Wildman–Crippen MR) is 93.8 cm³/mol. The van der Waals surface area contributed by atoms with Gasteiger partial charge in [-0.3, -0.25) is 4.79 Å². The third-order valence-electron chi connectivity index (χ3n) is 5.29. The zero-order chi connectivity index (χ0) is 27.2. The summed E-state index contributed by atoms with van der Waals surface area (Å²) >= 11 is 0. The molecule has 0 aromatic rings. The van der Waals surface area contributed by atoms with E-state index >= 15 is 0 Å². The van der Waals surface area contributed by atoms with E-state index in [0.717, 1.165) is 25.7 Å². The van der Waals surface area contributed by atoms with E-state index in [0.29, 0.717) is 19.3 Å². The number of alkyl halides is 13. The van der Waals surface area contributed by atoms with Crippen LogP contribution in [0.1, 0.15) is 71.1 Å². The van der Waals surface area contributed by atoms with E-state index in [1.165, 1.54) is 0 Å². The second kappa shape index (κ2) is 11.5. The summed E-state index contributed by atoms with van der Waals surface area (Å²) in [5.41, 5.74) is 0. The number of carboxylic acids is 1. The Morgan fingerprint density at radius 1 is 0.588 bits per heavy atom. The molecule has 0 aliphatic carbocycles. The normalized spacial score (nSPS) is 15.5. The van der Waals surface area contributed by atoms with Crippen molar-refractivity contribution in [1.82, 2.24) is 0 Å². The van der Waals surface area contributed by atoms with E-state index in [4.69, 9.17) is 5.11 Å². The van der Waals surface area contributed by atoms with Crippen molar-refractivity contribution in [3.63, 3.8) is 0 Å². The SMILES string of the molecule is CCCCCCCCCCCC(C(=O)O)C(F)(F)C(F)(F)C(F)(F)C(F)(F)C(F)(F)C(F)(F)F. The third-order valence-corrected chi connectivity index (χ3v) is 5.29. The summed E-state index contributed by atoms with van der Waals surface area (Å²) < 4.78 is 172. The van der Waals surface area contributed by atoms with Crippen LogP contribution in [0.3, 0.4) is 0 Å². The zero-order valence-corrected chi connectivity index (χ0v) is 17.9. The maximum Gasteiger partial charge on any atom is 0.460 e. The maximum absolute atomic E-state index is 14.1. The minimum absolute atomic E-state index is 0.0299. The molecule has 0 heterocycles. The van der Waals surface area contributed by atoms with Crippen LogP contribution in [0.25, 0.3) is 0 Å². The Bertz CT molecular complexity index is 645. The standard InChI is InChI=1S/C19H25F13O2/c1-2-3-4-5-6-7-8-9-10-11-12(13(33)34)14(20,21)15(22,23)16(24,25)17(26,27)18(28,29)19(30,31)32/h12H,2-11H2,1H3,(H,33,34). The molecular weight excluding hydrogens is 507 g/mol. The number of aliphatic carboxylic acids is 1. The molecule has 0 saturated heterocycles. The Hall–Kier alpha value is -1.44. The van der Waals surface area contributed by atoms with E-state index in [1.54, 1.807) is 0 Å². The molecule has 1 N–H and O–H groups in total. The monoisotopic (exact) mass is 532 g/mol. The van der Waals surface area contributed by atoms with Gasteiger partial charge in [0.05, 0.1) is 0 Å². The topological polar surface area (TPSA) is 37.3 Å². The molecule has 0 saturated carbocycles. The van der Waals surface area contributed by atoms with Crippen molar-refractivity contribution in [2.75, 3.05) is 0 Å². The van der Waals surface area contributed by atoms with Crippen molar-refractivity contribution in [2.45, 2.75) is 107 Å². The molecule has 0 rings (SSSR count). The first kappa shape index (κ1) is 32.6. The van der Waals surface area contributed by atoms with Gasteiger partial charge in [-0.15, -0.1) is 0 Å². The van der Waals surface area contributed by atoms with Gasteiger partial charge in [-0.25, -0.2) is 0 Å². The molecule has 1 atom stereocenters. The van der Waals surface area contributed by atoms with Gasteiger partial charge in [0, 0.05) is 0 Å². The summed E-state index contributed by atoms with van der Waals surface area (Å²) in [6.07, 6.45) is -4.26. The molecule has 0 radical (unpaired) electrons. The van der Waals surface area contributed by atoms with Crippen molar-refractivity contribution < 1.29 is 67.0 Å². The lowest BCUT2D eigenvalue weighted by Crippen LogP contribution is -2.71. The third kappa shape index (κ3) is 6.41. The first-order valence-electron chi connectivity index (χ1n) is 10.3. The summed E-state index contributed by atoms with van der Waals surface area (Å²) in [5.74, 6) is -44.6. The minimum atomic E-state index is -8.04. The highest BCUT2D eigenvalue weighted by Crippen LogP contribution is 2.61. The smallest absolute Gasteiger partial charge is 0.460 e. The highest BCUT2D eigenvalue weighted by Gasteiger charge is 2.91. The van der Waals surface area contributed by atoms with Gasteiger partial charge in [-0.2, -0.15) is 57.1 Å². The Balaban J connectivity index is 5.56. The summed E-state index contributed by atoms with van der Waals surface area (Å²) in [4.78, 5) is 11.0. The molecular formula is C19H25F13O2. The van der Waals surface area contributed by atoms with Crippen LogP contribution in [-0.2, 0) is 4.79 Å². The second-order valence-corrected chi connectivity index (χ2v) is 7.93. The molecule has 0 aliphatic heterocycles. The Morgan fingerprint density at radius 3 is 1.29 bits per heavy atom. The summed E-state index contributed by atoms with van der Waals surface area (Å²) in [6, 6.07) is 0. The fraction of sp³-hybridized carbons (Fsp3) is 0.947. The van der Waals surface area contributed by atoms with E-state index < -0.39 is 60.5 Å². The van der Waals surface area contributed by atoms with Gasteiger partial charge in [0.15, 0.2) is 0 Å². The van der Waals surface area contributed by atoms with Gasteiger partial charge in [0.25, 0.3) is 0 Å². The molecule has 0 aliphatic rings. The minimum Gasteiger partial charge on any atom is -0.481 e. The van der Waals surface area contributed by atoms with Gasteiger partial charge >= 0.3 is 41.8 Å². The number of hydrogen-bond donors (Lipinski definition) is 1. The number of hydrogen-bond acceptors (Lipinski definition) is 1. The zero-order valence-electron chi connectivity index (χ0n) is 17.9. The van der Waals surface area contributed by atoms with Crippen molar-refractivity contribution >= 4 is 5.97 Å². The molecule has 1 unspecified atom stereocenters. The number of rotatable bonds is 16. The van der Waals surface area contributed by atoms with E-state index in [2.05, 4.69) is 0 Å². The van der Waals surface area contributed by atoms with E-state index in [-0.39, 0.29) is 6.42 Å². The van der Waals surface area contributed by atoms with Crippen molar-refractivity contribution in [1.29, 1.82) is 0 Å². The number of halogens is 13. The Kier molecular flexibility index (Phi) is 11.0. The summed E-state index contributed by atoms with van der Waals surface area (Å²) in [6.45, 7) is 1.97. The van der Waals surface area contributed by atoms with E-state index in [9.17, 15) is 61.9 Å². The average molecular weight is 532 g/mol. The molecule has 204 valence electrons. The molecule has 0 aromatic carbocycles. The number of unbranched alkanes of at least 4 members (excludes halogenated alkanes) is 8. The highest BCUT2D eigenvalue weighted by atomic mass is 19.4. The van der Waals surface area contributed by atoms with Crippen LogP contribution in [0, 0.1) is 5.92 Å². The van der Waals surface area contributed by atoms with E-state index in [1.807, 2.05) is 6.92 Å². The van der Waals surface area contributed by atoms with Crippen molar-refractivity contribution in [3.8, 4) is 0 Å². The van der Waals surface area contributed by atoms with Crippen LogP contribution in [0.5, 0.6) is 0 Å². The summed E-state index contributed by atoms with van der Waals surface area (Å²) in [7, 11) is 0. The molecule has 0 aromatic heterocycles. The van der Waals surface area contributed by atoms with Gasteiger partial charge in [-0.1, -0.05) is 64.7 Å². The lowest BCUT2D eigenvalue weighted by Gasteiger charge is -2.41. The van der Waals surface area contributed by atoms with Gasteiger partial charge in [0.2, 0.25) is 0 Å². The van der Waals surface area contributed by atoms with Crippen LogP contribution >= 0.6 is 0 Å². The quantitative estimate of drug-likeness (QED) is 0.160. The van der Waals surface area contributed by atoms with Crippen LogP contribution in [-0.4, -0.2) is 46.9 Å². The second-order valence-electron chi connectivity index (χ2n) is 7.93. The highest BCUT2D eigenvalue weighted by molar-refractivity contribution is 5.71. The van der Waals surface area contributed by atoms with Gasteiger partial charge < -0.3 is 5.11 Å². The molecule has 0 amide bonds. The fourth-order valence-electron chi connectivity index (χ4n) is 3.12. The first-order valence-corrected chi connectivity index (χ1v) is 10.3. The Labute approximate surface area is 186 Å². The average Bonchev–Trinajstić information content (AvgIpc) is 2.67. The largest absolute Gasteiger partial charge is 0.481 e. The molecule has 0 fully saturated rings. The fourth-order valence-corrected chi connectivity index (χ4v) is 3.12. The lowest BCUT2D eigenvalue weighted by molar-refractivity contribution is -0.442. The molecule has 34 heavy (non-hydrogen) atoms. The summed E-state index contributed by atoms with van der Waals surface area (Å²) in [5, 5.41) is 8.78. The molecule has 0 spiro atoms. The predicted octanol–water partition coefficient (Wildman–Crippen LogP) is 8.35. The van der Waals surface area contributed by atoms with Crippen LogP contribution in [0.15, 0.2) is 0 Å². The van der Waals surface area contributed by atoms with Crippen molar-refractivity contribution in [2.24, 2.45) is 5.92 Å². The molecule has 15 heteroatoms. The van der Waals surface area contributed by atoms with Crippen molar-refractivity contribution in [3.05, 3.63) is 0 Å². The van der Waals surface area contributed by atoms with Crippen LogP contribution in [0.2, 0.25) is 0 Å². The first-order chi connectivity index (χ1) is 15.1. The Morgan fingerprint density at radius 2 is 0.941 bits per heavy atom. The molecule has 2 nitrogen and oxygen atoms in total. The van der Waals surface area contributed by atoms with Gasteiger partial charge in [-0.05, 0) is 6.42 Å². The van der Waals surface area contributed by atoms with Crippen LogP contribution < -0.4 is 0 Å². The number of carbonyl (C=O) groups is 1. The van der Waals surface area contributed by atoms with Gasteiger partial charge in [0.1, 0.15) is 5.92 Å². The number of carboxylic acid groups (broad SMARTS) is 1. The van der Waals surface area contributed by atoms with Crippen LogP contribution in [0.4, 0.5) is 57.1 Å². The molecule has 0 bridgehead atoms. The maximum atomic E-state index is 14.1. The lowest BCUT2D eigenvalue weighted by atomic mass is 9.84.